The Hall–Kier alpha value is -0.160. The van der Waals surface area contributed by atoms with E-state index in [0.717, 1.165) is 19.6 Å². The lowest BCUT2D eigenvalue weighted by Crippen LogP contribution is -2.46. The lowest BCUT2D eigenvalue weighted by molar-refractivity contribution is 0.155. The van der Waals surface area contributed by atoms with Crippen molar-refractivity contribution in [1.29, 1.82) is 0 Å². The first-order valence-corrected chi connectivity index (χ1v) is 5.59. The van der Waals surface area contributed by atoms with Gasteiger partial charge in [-0.2, -0.15) is 0 Å². The van der Waals surface area contributed by atoms with Gasteiger partial charge in [0.05, 0.1) is 0 Å². The molecule has 2 N–H and O–H groups in total. The standard InChI is InChI=1S/C10H24N4/c1-11-3-4-12-5-6-14-9-7-13(2)8-10-14/h11-12H,3-10H2,1-2H3. The Bertz CT molecular complexity index is 132. The third-order valence-electron chi connectivity index (χ3n) is 2.75. The molecule has 4 heteroatoms. The van der Waals surface area contributed by atoms with Crippen molar-refractivity contribution in [2.75, 3.05) is 66.5 Å². The third-order valence-corrected chi connectivity index (χ3v) is 2.75. The number of rotatable bonds is 6. The van der Waals surface area contributed by atoms with Gasteiger partial charge in [0, 0.05) is 52.4 Å². The summed E-state index contributed by atoms with van der Waals surface area (Å²) in [4.78, 5) is 4.93. The average molecular weight is 200 g/mol. The van der Waals surface area contributed by atoms with E-state index in [4.69, 9.17) is 0 Å². The van der Waals surface area contributed by atoms with Gasteiger partial charge in [0.25, 0.3) is 0 Å². The highest BCUT2D eigenvalue weighted by atomic mass is 15.2. The summed E-state index contributed by atoms with van der Waals surface area (Å²) in [5, 5.41) is 6.56. The van der Waals surface area contributed by atoms with Crippen LogP contribution in [0.15, 0.2) is 0 Å². The first kappa shape index (κ1) is 11.9. The van der Waals surface area contributed by atoms with Gasteiger partial charge in [-0.1, -0.05) is 0 Å². The number of likely N-dealkylation sites (N-methyl/N-ethyl adjacent to an activating group) is 2. The number of nitrogens with one attached hydrogen (secondary N) is 2. The second-order valence-corrected chi connectivity index (χ2v) is 4.00. The summed E-state index contributed by atoms with van der Waals surface area (Å²) in [6, 6.07) is 0. The maximum absolute atomic E-state index is 3.43. The quantitative estimate of drug-likeness (QED) is 0.541. The molecular weight excluding hydrogens is 176 g/mol. The molecular formula is C10H24N4. The molecule has 0 aliphatic carbocycles. The van der Waals surface area contributed by atoms with Crippen LogP contribution in [0, 0.1) is 0 Å². The Balaban J connectivity index is 1.91. The van der Waals surface area contributed by atoms with Crippen LogP contribution in [-0.2, 0) is 0 Å². The zero-order valence-corrected chi connectivity index (χ0v) is 9.55. The molecule has 4 nitrogen and oxygen atoms in total. The summed E-state index contributed by atoms with van der Waals surface area (Å²) in [5.41, 5.74) is 0. The number of hydrogen-bond donors (Lipinski definition) is 2. The smallest absolute Gasteiger partial charge is 0.0110 e. The van der Waals surface area contributed by atoms with Crippen LogP contribution in [0.25, 0.3) is 0 Å². The number of hydrogen-bond acceptors (Lipinski definition) is 4. The zero-order chi connectivity index (χ0) is 10.2. The normalized spacial score (nSPS) is 20.1. The molecule has 1 heterocycles. The molecule has 1 rings (SSSR count). The predicted octanol–water partition coefficient (Wildman–Crippen LogP) is -0.957. The largest absolute Gasteiger partial charge is 0.318 e. The number of nitrogens with zero attached hydrogens (tertiary/aromatic N) is 2. The Morgan fingerprint density at radius 2 is 1.71 bits per heavy atom. The van der Waals surface area contributed by atoms with Gasteiger partial charge in [0.1, 0.15) is 0 Å². The maximum atomic E-state index is 3.43. The van der Waals surface area contributed by atoms with Crippen molar-refractivity contribution < 1.29 is 0 Å². The van der Waals surface area contributed by atoms with Crippen molar-refractivity contribution in [3.63, 3.8) is 0 Å². The van der Waals surface area contributed by atoms with Crippen LogP contribution >= 0.6 is 0 Å². The third kappa shape index (κ3) is 4.91. The van der Waals surface area contributed by atoms with Crippen LogP contribution in [0.4, 0.5) is 0 Å². The van der Waals surface area contributed by atoms with Crippen molar-refractivity contribution >= 4 is 0 Å². The molecule has 1 saturated heterocycles. The summed E-state index contributed by atoms with van der Waals surface area (Å²) in [7, 11) is 4.19. The minimum atomic E-state index is 1.06. The lowest BCUT2D eigenvalue weighted by atomic mass is 10.3. The molecule has 1 fully saturated rings. The number of piperazine rings is 1. The Morgan fingerprint density at radius 3 is 2.36 bits per heavy atom. The molecule has 0 saturated carbocycles. The minimum Gasteiger partial charge on any atom is -0.318 e. The van der Waals surface area contributed by atoms with E-state index >= 15 is 0 Å². The van der Waals surface area contributed by atoms with Crippen molar-refractivity contribution in [3.8, 4) is 0 Å². The lowest BCUT2D eigenvalue weighted by Gasteiger charge is -2.32. The van der Waals surface area contributed by atoms with E-state index in [2.05, 4.69) is 27.5 Å². The van der Waals surface area contributed by atoms with E-state index in [0.29, 0.717) is 0 Å². The molecule has 84 valence electrons. The molecule has 1 aliphatic rings. The fourth-order valence-electron chi connectivity index (χ4n) is 1.65. The van der Waals surface area contributed by atoms with Crippen molar-refractivity contribution in [1.82, 2.24) is 20.4 Å². The summed E-state index contributed by atoms with van der Waals surface area (Å²) >= 11 is 0. The van der Waals surface area contributed by atoms with Gasteiger partial charge >= 0.3 is 0 Å². The highest BCUT2D eigenvalue weighted by Gasteiger charge is 2.12. The van der Waals surface area contributed by atoms with Crippen LogP contribution < -0.4 is 10.6 Å². The maximum Gasteiger partial charge on any atom is 0.0110 e. The Labute approximate surface area is 87.6 Å². The van der Waals surface area contributed by atoms with Gasteiger partial charge in [-0.25, -0.2) is 0 Å². The molecule has 0 atom stereocenters. The summed E-state index contributed by atoms with van der Waals surface area (Å²) < 4.78 is 0. The van der Waals surface area contributed by atoms with Crippen LogP contribution in [0.5, 0.6) is 0 Å². The molecule has 0 aromatic heterocycles. The minimum absolute atomic E-state index is 1.06. The molecule has 1 aliphatic heterocycles. The molecule has 0 amide bonds. The Morgan fingerprint density at radius 1 is 1.00 bits per heavy atom. The van der Waals surface area contributed by atoms with Gasteiger partial charge in [0.2, 0.25) is 0 Å². The fraction of sp³-hybridized carbons (Fsp3) is 1.00. The van der Waals surface area contributed by atoms with E-state index < -0.39 is 0 Å². The molecule has 14 heavy (non-hydrogen) atoms. The molecule has 0 unspecified atom stereocenters. The molecule has 0 spiro atoms. The highest BCUT2D eigenvalue weighted by Crippen LogP contribution is 1.97. The second kappa shape index (κ2) is 7.17. The van der Waals surface area contributed by atoms with E-state index in [-0.39, 0.29) is 0 Å². The second-order valence-electron chi connectivity index (χ2n) is 4.00. The van der Waals surface area contributed by atoms with Gasteiger partial charge in [-0.15, -0.1) is 0 Å². The first-order valence-electron chi connectivity index (χ1n) is 5.59. The summed E-state index contributed by atoms with van der Waals surface area (Å²) in [6.45, 7) is 9.33. The Kier molecular flexibility index (Phi) is 6.10. The topological polar surface area (TPSA) is 30.5 Å². The van der Waals surface area contributed by atoms with E-state index in [1.54, 1.807) is 0 Å². The molecule has 0 aromatic carbocycles. The van der Waals surface area contributed by atoms with Gasteiger partial charge < -0.3 is 15.5 Å². The summed E-state index contributed by atoms with van der Waals surface area (Å²) in [6.07, 6.45) is 0. The summed E-state index contributed by atoms with van der Waals surface area (Å²) in [5.74, 6) is 0. The molecule has 0 radical (unpaired) electrons. The van der Waals surface area contributed by atoms with Crippen LogP contribution in [0.2, 0.25) is 0 Å². The predicted molar refractivity (Wildman–Crippen MR) is 60.7 cm³/mol. The zero-order valence-electron chi connectivity index (χ0n) is 9.55. The van der Waals surface area contributed by atoms with E-state index in [1.165, 1.54) is 32.7 Å². The highest BCUT2D eigenvalue weighted by molar-refractivity contribution is 4.69. The van der Waals surface area contributed by atoms with Crippen LogP contribution in [0.3, 0.4) is 0 Å². The van der Waals surface area contributed by atoms with Crippen molar-refractivity contribution in [3.05, 3.63) is 0 Å². The van der Waals surface area contributed by atoms with E-state index in [9.17, 15) is 0 Å². The van der Waals surface area contributed by atoms with Gasteiger partial charge in [0.15, 0.2) is 0 Å². The van der Waals surface area contributed by atoms with Gasteiger partial charge in [-0.05, 0) is 14.1 Å². The van der Waals surface area contributed by atoms with E-state index in [1.807, 2.05) is 7.05 Å². The van der Waals surface area contributed by atoms with Gasteiger partial charge in [-0.3, -0.25) is 4.90 Å². The van der Waals surface area contributed by atoms with Crippen molar-refractivity contribution in [2.24, 2.45) is 0 Å². The molecule has 0 bridgehead atoms. The average Bonchev–Trinajstić information content (AvgIpc) is 2.21. The first-order chi connectivity index (χ1) is 6.83. The fourth-order valence-corrected chi connectivity index (χ4v) is 1.65. The SMILES string of the molecule is CNCCNCCN1CCN(C)CC1. The van der Waals surface area contributed by atoms with Crippen molar-refractivity contribution in [2.45, 2.75) is 0 Å². The van der Waals surface area contributed by atoms with Crippen LogP contribution in [0.1, 0.15) is 0 Å². The van der Waals surface area contributed by atoms with Crippen LogP contribution in [-0.4, -0.2) is 76.3 Å². The molecule has 0 aromatic rings. The monoisotopic (exact) mass is 200 g/mol.